The SMILES string of the molecule is CCOc1nc(C(=O)NCC2CCN(Cc3ccc(-c4ccncc4)cc3)CC2)cc(N)c1C#N. The molecule has 0 spiro atoms. The molecule has 180 valence electrons. The number of nitriles is 1. The monoisotopic (exact) mass is 470 g/mol. The third-order valence-corrected chi connectivity index (χ3v) is 6.27. The summed E-state index contributed by atoms with van der Waals surface area (Å²) in [6, 6.07) is 16.1. The Hall–Kier alpha value is -3.96. The minimum Gasteiger partial charge on any atom is -0.477 e. The van der Waals surface area contributed by atoms with Crippen LogP contribution in [0.25, 0.3) is 11.1 Å². The Bertz CT molecular complexity index is 1180. The van der Waals surface area contributed by atoms with Gasteiger partial charge in [-0.2, -0.15) is 5.26 Å². The minimum atomic E-state index is -0.307. The fourth-order valence-corrected chi connectivity index (χ4v) is 4.29. The molecule has 0 unspecified atom stereocenters. The zero-order chi connectivity index (χ0) is 24.6. The lowest BCUT2D eigenvalue weighted by Gasteiger charge is -2.32. The molecule has 35 heavy (non-hydrogen) atoms. The highest BCUT2D eigenvalue weighted by Crippen LogP contribution is 2.24. The number of aromatic nitrogens is 2. The Labute approximate surface area is 205 Å². The zero-order valence-corrected chi connectivity index (χ0v) is 19.9. The molecular weight excluding hydrogens is 440 g/mol. The maximum atomic E-state index is 12.6. The summed E-state index contributed by atoms with van der Waals surface area (Å²) in [6.07, 6.45) is 5.65. The van der Waals surface area contributed by atoms with Crippen LogP contribution in [0.5, 0.6) is 5.88 Å². The third-order valence-electron chi connectivity index (χ3n) is 6.27. The molecule has 1 aliphatic heterocycles. The summed E-state index contributed by atoms with van der Waals surface area (Å²) in [5.41, 5.74) is 10.1. The maximum absolute atomic E-state index is 12.6. The Morgan fingerprint density at radius 1 is 1.17 bits per heavy atom. The van der Waals surface area contributed by atoms with Crippen LogP contribution in [0.15, 0.2) is 54.9 Å². The number of anilines is 1. The topological polar surface area (TPSA) is 117 Å². The quantitative estimate of drug-likeness (QED) is 0.516. The van der Waals surface area contributed by atoms with E-state index >= 15 is 0 Å². The van der Waals surface area contributed by atoms with Crippen LogP contribution in [0.3, 0.4) is 0 Å². The average Bonchev–Trinajstić information content (AvgIpc) is 2.89. The molecule has 0 atom stereocenters. The lowest BCUT2D eigenvalue weighted by atomic mass is 9.96. The van der Waals surface area contributed by atoms with Crippen molar-refractivity contribution in [3.8, 4) is 23.1 Å². The van der Waals surface area contributed by atoms with E-state index in [2.05, 4.69) is 44.5 Å². The summed E-state index contributed by atoms with van der Waals surface area (Å²) in [4.78, 5) is 23.4. The molecule has 0 radical (unpaired) electrons. The molecule has 3 N–H and O–H groups in total. The summed E-state index contributed by atoms with van der Waals surface area (Å²) < 4.78 is 5.38. The number of nitrogens with two attached hydrogens (primary N) is 1. The van der Waals surface area contributed by atoms with Crippen molar-refractivity contribution in [1.29, 1.82) is 5.26 Å². The predicted molar refractivity (Wildman–Crippen MR) is 135 cm³/mol. The first-order chi connectivity index (χ1) is 17.1. The fourth-order valence-electron chi connectivity index (χ4n) is 4.29. The molecular formula is C27H30N6O2. The van der Waals surface area contributed by atoms with Gasteiger partial charge in [0.15, 0.2) is 0 Å². The van der Waals surface area contributed by atoms with E-state index in [1.54, 1.807) is 6.92 Å². The van der Waals surface area contributed by atoms with Gasteiger partial charge in [0.1, 0.15) is 17.3 Å². The number of pyridine rings is 2. The predicted octanol–water partition coefficient (Wildman–Crippen LogP) is 3.64. The summed E-state index contributed by atoms with van der Waals surface area (Å²) in [5.74, 6) is 0.201. The molecule has 1 aliphatic rings. The third kappa shape index (κ3) is 6.14. The van der Waals surface area contributed by atoms with Gasteiger partial charge < -0.3 is 15.8 Å². The first-order valence-corrected chi connectivity index (χ1v) is 11.9. The van der Waals surface area contributed by atoms with E-state index in [0.29, 0.717) is 19.1 Å². The number of nitrogens with zero attached hydrogens (tertiary/aromatic N) is 4. The molecule has 3 heterocycles. The van der Waals surface area contributed by atoms with Crippen molar-refractivity contribution in [3.05, 3.63) is 71.7 Å². The summed E-state index contributed by atoms with van der Waals surface area (Å²) in [7, 11) is 0. The number of hydrogen-bond donors (Lipinski definition) is 2. The van der Waals surface area contributed by atoms with Crippen LogP contribution in [0.1, 0.15) is 41.4 Å². The molecule has 8 heteroatoms. The van der Waals surface area contributed by atoms with Gasteiger partial charge in [-0.05, 0) is 73.7 Å². The minimum absolute atomic E-state index is 0.0993. The van der Waals surface area contributed by atoms with Crippen molar-refractivity contribution < 1.29 is 9.53 Å². The number of rotatable bonds is 8. The number of nitrogens with one attached hydrogen (secondary N) is 1. The summed E-state index contributed by atoms with van der Waals surface area (Å²) in [6.45, 7) is 5.60. The van der Waals surface area contributed by atoms with Gasteiger partial charge in [-0.1, -0.05) is 24.3 Å². The van der Waals surface area contributed by atoms with E-state index in [1.807, 2.05) is 30.6 Å². The number of piperidine rings is 1. The van der Waals surface area contributed by atoms with Crippen molar-refractivity contribution in [2.75, 3.05) is 32.0 Å². The van der Waals surface area contributed by atoms with Gasteiger partial charge in [0.2, 0.25) is 5.88 Å². The molecule has 4 rings (SSSR count). The van der Waals surface area contributed by atoms with Crippen molar-refractivity contribution in [2.24, 2.45) is 5.92 Å². The van der Waals surface area contributed by atoms with Gasteiger partial charge in [0, 0.05) is 25.5 Å². The van der Waals surface area contributed by atoms with E-state index in [1.165, 1.54) is 22.8 Å². The van der Waals surface area contributed by atoms with Gasteiger partial charge in [-0.25, -0.2) is 4.98 Å². The largest absolute Gasteiger partial charge is 0.477 e. The molecule has 0 bridgehead atoms. The van der Waals surface area contributed by atoms with E-state index < -0.39 is 0 Å². The number of hydrogen-bond acceptors (Lipinski definition) is 7. The van der Waals surface area contributed by atoms with Crippen LogP contribution in [0.4, 0.5) is 5.69 Å². The van der Waals surface area contributed by atoms with Gasteiger partial charge in [0.05, 0.1) is 12.3 Å². The Balaban J connectivity index is 1.25. The smallest absolute Gasteiger partial charge is 0.270 e. The summed E-state index contributed by atoms with van der Waals surface area (Å²) >= 11 is 0. The Morgan fingerprint density at radius 3 is 2.51 bits per heavy atom. The van der Waals surface area contributed by atoms with Crippen LogP contribution < -0.4 is 15.8 Å². The fraction of sp³-hybridized carbons (Fsp3) is 0.333. The van der Waals surface area contributed by atoms with Gasteiger partial charge >= 0.3 is 0 Å². The molecule has 8 nitrogen and oxygen atoms in total. The molecule has 0 aliphatic carbocycles. The van der Waals surface area contributed by atoms with Crippen molar-refractivity contribution in [3.63, 3.8) is 0 Å². The molecule has 1 saturated heterocycles. The first-order valence-electron chi connectivity index (χ1n) is 11.9. The summed E-state index contributed by atoms with van der Waals surface area (Å²) in [5, 5.41) is 12.2. The second kappa shape index (κ2) is 11.4. The Morgan fingerprint density at radius 2 is 1.86 bits per heavy atom. The van der Waals surface area contributed by atoms with Crippen molar-refractivity contribution in [1.82, 2.24) is 20.2 Å². The molecule has 0 saturated carbocycles. The molecule has 1 fully saturated rings. The number of ether oxygens (including phenoxy) is 1. The molecule has 1 amide bonds. The second-order valence-electron chi connectivity index (χ2n) is 8.68. The average molecular weight is 471 g/mol. The zero-order valence-electron chi connectivity index (χ0n) is 19.9. The number of amides is 1. The van der Waals surface area contributed by atoms with Crippen molar-refractivity contribution >= 4 is 11.6 Å². The lowest BCUT2D eigenvalue weighted by molar-refractivity contribution is 0.0929. The van der Waals surface area contributed by atoms with Gasteiger partial charge in [-0.15, -0.1) is 0 Å². The number of nitrogen functional groups attached to an aromatic ring is 1. The second-order valence-corrected chi connectivity index (χ2v) is 8.68. The van der Waals surface area contributed by atoms with E-state index in [0.717, 1.165) is 32.5 Å². The molecule has 1 aromatic carbocycles. The standard InChI is InChI=1S/C27H30N6O2/c1-2-35-27-23(16-28)24(29)15-25(32-27)26(34)31-17-19-9-13-33(14-10-19)18-20-3-5-21(6-4-20)22-7-11-30-12-8-22/h3-8,11-12,15,19H,2,9-10,13-14,17-18H2,1H3,(H2,29,32)(H,31,34). The van der Waals surface area contributed by atoms with Gasteiger partial charge in [-0.3, -0.25) is 14.7 Å². The van der Waals surface area contributed by atoms with Crippen LogP contribution in [0.2, 0.25) is 0 Å². The first kappa shape index (κ1) is 24.2. The van der Waals surface area contributed by atoms with Crippen molar-refractivity contribution in [2.45, 2.75) is 26.3 Å². The van der Waals surface area contributed by atoms with Gasteiger partial charge in [0.25, 0.3) is 5.91 Å². The highest BCUT2D eigenvalue weighted by Gasteiger charge is 2.21. The number of likely N-dealkylation sites (tertiary alicyclic amines) is 1. The molecule has 3 aromatic rings. The highest BCUT2D eigenvalue weighted by molar-refractivity contribution is 5.93. The lowest BCUT2D eigenvalue weighted by Crippen LogP contribution is -2.38. The normalized spacial score (nSPS) is 14.3. The Kier molecular flexibility index (Phi) is 7.91. The molecule has 2 aromatic heterocycles. The highest BCUT2D eigenvalue weighted by atomic mass is 16.5. The van der Waals surface area contributed by atoms with Crippen LogP contribution >= 0.6 is 0 Å². The van der Waals surface area contributed by atoms with Crippen LogP contribution in [-0.2, 0) is 6.54 Å². The number of carbonyl (C=O) groups is 1. The van der Waals surface area contributed by atoms with Crippen LogP contribution in [-0.4, -0.2) is 47.0 Å². The van der Waals surface area contributed by atoms with E-state index in [9.17, 15) is 10.1 Å². The van der Waals surface area contributed by atoms with E-state index in [4.69, 9.17) is 10.5 Å². The van der Waals surface area contributed by atoms with E-state index in [-0.39, 0.29) is 28.7 Å². The number of carbonyl (C=O) groups excluding carboxylic acids is 1. The van der Waals surface area contributed by atoms with Crippen LogP contribution in [0, 0.1) is 17.2 Å². The maximum Gasteiger partial charge on any atom is 0.270 e. The number of benzene rings is 1.